The van der Waals surface area contributed by atoms with Gasteiger partial charge in [0.1, 0.15) is 11.6 Å². The van der Waals surface area contributed by atoms with Crippen molar-refractivity contribution in [3.8, 4) is 11.1 Å². The minimum absolute atomic E-state index is 0.0258. The van der Waals surface area contributed by atoms with Gasteiger partial charge < -0.3 is 14.8 Å². The molecule has 1 heterocycles. The first-order chi connectivity index (χ1) is 17.1. The summed E-state index contributed by atoms with van der Waals surface area (Å²) in [5, 5.41) is 12.3. The average molecular weight is 508 g/mol. The molecule has 0 spiro atoms. The number of hydrogen-bond acceptors (Lipinski definition) is 5. The SMILES string of the molecule is Cc1ccc2oc(C(=O)Nc3ccc(-c4ccc(N(C(C(=O)O)C(C)C)S(=O)O)cc4)cc3)nc2c1. The lowest BCUT2D eigenvalue weighted by atomic mass is 10.0. The molecule has 2 atom stereocenters. The molecule has 0 aliphatic rings. The summed E-state index contributed by atoms with van der Waals surface area (Å²) in [5.41, 5.74) is 4.70. The van der Waals surface area contributed by atoms with Crippen LogP contribution in [-0.4, -0.2) is 36.8 Å². The lowest BCUT2D eigenvalue weighted by Crippen LogP contribution is -2.45. The number of aryl methyl sites for hydroxylation is 1. The van der Waals surface area contributed by atoms with E-state index in [9.17, 15) is 23.5 Å². The zero-order valence-corrected chi connectivity index (χ0v) is 20.7. The smallest absolute Gasteiger partial charge is 0.327 e. The quantitative estimate of drug-likeness (QED) is 0.282. The highest BCUT2D eigenvalue weighted by Gasteiger charge is 2.32. The number of rotatable bonds is 8. The third-order valence-corrected chi connectivity index (χ3v) is 6.42. The number of nitrogens with one attached hydrogen (secondary N) is 1. The second-order valence-electron chi connectivity index (χ2n) is 8.65. The third-order valence-electron chi connectivity index (χ3n) is 5.64. The summed E-state index contributed by atoms with van der Waals surface area (Å²) in [6, 6.07) is 18.1. The number of anilines is 2. The van der Waals surface area contributed by atoms with E-state index in [2.05, 4.69) is 10.3 Å². The number of carbonyl (C=O) groups is 2. The van der Waals surface area contributed by atoms with Crippen molar-refractivity contribution < 1.29 is 27.9 Å². The molecule has 4 rings (SSSR count). The molecule has 1 amide bonds. The summed E-state index contributed by atoms with van der Waals surface area (Å²) < 4.78 is 28.2. The van der Waals surface area contributed by atoms with Crippen LogP contribution in [0.3, 0.4) is 0 Å². The Morgan fingerprint density at radius 3 is 2.17 bits per heavy atom. The maximum Gasteiger partial charge on any atom is 0.327 e. The lowest BCUT2D eigenvalue weighted by Gasteiger charge is -2.29. The Morgan fingerprint density at radius 2 is 1.61 bits per heavy atom. The van der Waals surface area contributed by atoms with E-state index in [4.69, 9.17) is 4.42 Å². The van der Waals surface area contributed by atoms with Gasteiger partial charge in [-0.25, -0.2) is 14.0 Å². The summed E-state index contributed by atoms with van der Waals surface area (Å²) in [6.45, 7) is 5.29. The van der Waals surface area contributed by atoms with E-state index in [1.165, 1.54) is 0 Å². The maximum absolute atomic E-state index is 12.6. The predicted molar refractivity (Wildman–Crippen MR) is 138 cm³/mol. The van der Waals surface area contributed by atoms with Crippen molar-refractivity contribution in [1.82, 2.24) is 4.98 Å². The van der Waals surface area contributed by atoms with E-state index in [-0.39, 0.29) is 11.8 Å². The lowest BCUT2D eigenvalue weighted by molar-refractivity contribution is -0.139. The summed E-state index contributed by atoms with van der Waals surface area (Å²) in [7, 11) is 0. The normalized spacial score (nSPS) is 12.9. The standard InChI is InChI=1S/C26H25N3O6S/c1-15(2)23(26(31)32)29(36(33)34)20-11-7-18(8-12-20)17-5-9-19(10-6-17)27-24(30)25-28-21-14-16(3)4-13-22(21)35-25/h4-15,23H,1-3H3,(H,27,30)(H,31,32)(H,33,34). The van der Waals surface area contributed by atoms with Gasteiger partial charge in [0.15, 0.2) is 5.58 Å². The van der Waals surface area contributed by atoms with Crippen molar-refractivity contribution in [2.45, 2.75) is 26.8 Å². The molecule has 10 heteroatoms. The number of aliphatic carboxylic acids is 1. The summed E-state index contributed by atoms with van der Waals surface area (Å²) in [6.07, 6.45) is 0. The van der Waals surface area contributed by atoms with E-state index in [1.54, 1.807) is 56.3 Å². The fourth-order valence-electron chi connectivity index (χ4n) is 3.87. The van der Waals surface area contributed by atoms with Crippen molar-refractivity contribution in [2.75, 3.05) is 9.62 Å². The van der Waals surface area contributed by atoms with E-state index in [0.29, 0.717) is 22.5 Å². The number of carboxylic acids is 1. The molecular formula is C26H25N3O6S. The molecule has 1 aromatic heterocycles. The molecule has 0 aliphatic carbocycles. The topological polar surface area (TPSA) is 133 Å². The van der Waals surface area contributed by atoms with Crippen LogP contribution in [0.25, 0.3) is 22.2 Å². The van der Waals surface area contributed by atoms with Gasteiger partial charge >= 0.3 is 11.9 Å². The number of nitrogens with zero attached hydrogens (tertiary/aromatic N) is 2. The molecular weight excluding hydrogens is 482 g/mol. The molecule has 2 unspecified atom stereocenters. The zero-order chi connectivity index (χ0) is 26.0. The van der Waals surface area contributed by atoms with Crippen LogP contribution in [0.1, 0.15) is 30.1 Å². The molecule has 0 radical (unpaired) electrons. The van der Waals surface area contributed by atoms with Crippen LogP contribution in [0.15, 0.2) is 71.1 Å². The first-order valence-electron chi connectivity index (χ1n) is 11.2. The molecule has 0 fully saturated rings. The van der Waals surface area contributed by atoms with Gasteiger partial charge in [0, 0.05) is 5.69 Å². The Bertz CT molecular complexity index is 1430. The van der Waals surface area contributed by atoms with Crippen molar-refractivity contribution >= 4 is 45.6 Å². The van der Waals surface area contributed by atoms with Gasteiger partial charge in [-0.05, 0) is 65.9 Å². The zero-order valence-electron chi connectivity index (χ0n) is 19.8. The van der Waals surface area contributed by atoms with Crippen LogP contribution in [0.4, 0.5) is 11.4 Å². The van der Waals surface area contributed by atoms with Crippen LogP contribution in [0.2, 0.25) is 0 Å². The van der Waals surface area contributed by atoms with E-state index in [0.717, 1.165) is 21.0 Å². The fraction of sp³-hybridized carbons (Fsp3) is 0.192. The number of amides is 1. The second kappa shape index (κ2) is 10.3. The van der Waals surface area contributed by atoms with Gasteiger partial charge in [-0.15, -0.1) is 0 Å². The summed E-state index contributed by atoms with van der Waals surface area (Å²) in [4.78, 5) is 28.5. The molecule has 3 N–H and O–H groups in total. The van der Waals surface area contributed by atoms with Crippen LogP contribution >= 0.6 is 0 Å². The first kappa shape index (κ1) is 25.1. The van der Waals surface area contributed by atoms with Gasteiger partial charge in [0.25, 0.3) is 17.2 Å². The number of carboxylic acid groups (broad SMARTS) is 1. The Hall–Kier alpha value is -4.02. The highest BCUT2D eigenvalue weighted by Crippen LogP contribution is 2.28. The molecule has 0 saturated heterocycles. The number of aromatic nitrogens is 1. The van der Waals surface area contributed by atoms with Gasteiger partial charge in [-0.3, -0.25) is 13.7 Å². The number of hydrogen-bond donors (Lipinski definition) is 3. The molecule has 0 aliphatic heterocycles. The van der Waals surface area contributed by atoms with E-state index in [1.807, 2.05) is 31.2 Å². The summed E-state index contributed by atoms with van der Waals surface area (Å²) in [5.74, 6) is -2.06. The Morgan fingerprint density at radius 1 is 1.00 bits per heavy atom. The largest absolute Gasteiger partial charge is 0.480 e. The third kappa shape index (κ3) is 5.29. The Balaban J connectivity index is 1.49. The molecule has 9 nitrogen and oxygen atoms in total. The highest BCUT2D eigenvalue weighted by atomic mass is 32.2. The van der Waals surface area contributed by atoms with Crippen molar-refractivity contribution in [1.29, 1.82) is 0 Å². The molecule has 3 aromatic carbocycles. The van der Waals surface area contributed by atoms with Crippen molar-refractivity contribution in [2.24, 2.45) is 5.92 Å². The molecule has 36 heavy (non-hydrogen) atoms. The van der Waals surface area contributed by atoms with Gasteiger partial charge in [0.05, 0.1) is 5.69 Å². The molecule has 0 saturated carbocycles. The maximum atomic E-state index is 12.6. The summed E-state index contributed by atoms with van der Waals surface area (Å²) >= 11 is -2.51. The molecule has 186 valence electrons. The Kier molecular flexibility index (Phi) is 7.18. The highest BCUT2D eigenvalue weighted by molar-refractivity contribution is 7.80. The number of carbonyl (C=O) groups excluding carboxylic acids is 1. The Labute approximate surface area is 210 Å². The van der Waals surface area contributed by atoms with Crippen LogP contribution < -0.4 is 9.62 Å². The van der Waals surface area contributed by atoms with Crippen molar-refractivity contribution in [3.05, 3.63) is 78.2 Å². The number of oxazole rings is 1. The fourth-order valence-corrected chi connectivity index (χ4v) is 4.70. The second-order valence-corrected chi connectivity index (χ2v) is 9.51. The van der Waals surface area contributed by atoms with Crippen molar-refractivity contribution in [3.63, 3.8) is 0 Å². The number of fused-ring (bicyclic) bond motifs is 1. The van der Waals surface area contributed by atoms with Crippen LogP contribution in [0.5, 0.6) is 0 Å². The van der Waals surface area contributed by atoms with Gasteiger partial charge in [-0.2, -0.15) is 0 Å². The minimum atomic E-state index is -2.51. The monoisotopic (exact) mass is 507 g/mol. The van der Waals surface area contributed by atoms with E-state index < -0.39 is 29.2 Å². The number of benzene rings is 3. The van der Waals surface area contributed by atoms with E-state index >= 15 is 0 Å². The van der Waals surface area contributed by atoms with Gasteiger partial charge in [-0.1, -0.05) is 44.2 Å². The molecule has 4 aromatic rings. The van der Waals surface area contributed by atoms with Gasteiger partial charge in [0.2, 0.25) is 0 Å². The average Bonchev–Trinajstić information content (AvgIpc) is 3.26. The molecule has 0 bridgehead atoms. The van der Waals surface area contributed by atoms with Crippen LogP contribution in [-0.2, 0) is 16.1 Å². The van der Waals surface area contributed by atoms with Crippen LogP contribution in [0, 0.1) is 12.8 Å². The first-order valence-corrected chi connectivity index (χ1v) is 12.2. The predicted octanol–water partition coefficient (Wildman–Crippen LogP) is 5.11. The minimum Gasteiger partial charge on any atom is -0.480 e.